The zero-order chi connectivity index (χ0) is 16.1. The standard InChI is InChI=1S/C18H15BrClN3/c19-14-3-1-13(2-4-14)12-21-9-10-23-17-7-8-22-18-11-15(20)5-6-16(17)18/h1-8,11-12H,9-10H2,(H,22,23). The average Bonchev–Trinajstić information content (AvgIpc) is 2.56. The zero-order valence-electron chi connectivity index (χ0n) is 12.3. The predicted octanol–water partition coefficient (Wildman–Crippen LogP) is 5.18. The van der Waals surface area contributed by atoms with E-state index in [2.05, 4.69) is 31.2 Å². The van der Waals surface area contributed by atoms with E-state index in [0.717, 1.165) is 33.2 Å². The number of aliphatic imine (C=N–C) groups is 1. The van der Waals surface area contributed by atoms with Gasteiger partial charge in [-0.2, -0.15) is 0 Å². The average molecular weight is 389 g/mol. The highest BCUT2D eigenvalue weighted by atomic mass is 79.9. The highest BCUT2D eigenvalue weighted by molar-refractivity contribution is 9.10. The maximum atomic E-state index is 6.00. The molecule has 0 radical (unpaired) electrons. The number of nitrogens with one attached hydrogen (secondary N) is 1. The summed E-state index contributed by atoms with van der Waals surface area (Å²) in [5, 5.41) is 5.16. The number of pyridine rings is 1. The van der Waals surface area contributed by atoms with Crippen LogP contribution in [0.5, 0.6) is 0 Å². The van der Waals surface area contributed by atoms with Gasteiger partial charge in [-0.15, -0.1) is 0 Å². The maximum Gasteiger partial charge on any atom is 0.0737 e. The molecule has 0 spiro atoms. The molecule has 2 aromatic carbocycles. The number of benzene rings is 2. The van der Waals surface area contributed by atoms with Crippen molar-refractivity contribution >= 4 is 50.3 Å². The molecule has 1 heterocycles. The molecular weight excluding hydrogens is 374 g/mol. The highest BCUT2D eigenvalue weighted by Gasteiger charge is 2.01. The van der Waals surface area contributed by atoms with Gasteiger partial charge in [-0.3, -0.25) is 9.98 Å². The van der Waals surface area contributed by atoms with Crippen LogP contribution in [-0.4, -0.2) is 24.3 Å². The lowest BCUT2D eigenvalue weighted by molar-refractivity contribution is 1.03. The lowest BCUT2D eigenvalue weighted by Gasteiger charge is -2.08. The van der Waals surface area contributed by atoms with E-state index in [1.54, 1.807) is 6.20 Å². The third kappa shape index (κ3) is 4.30. The fourth-order valence-electron chi connectivity index (χ4n) is 2.25. The van der Waals surface area contributed by atoms with E-state index in [0.29, 0.717) is 11.6 Å². The van der Waals surface area contributed by atoms with Crippen LogP contribution in [0.1, 0.15) is 5.56 Å². The van der Waals surface area contributed by atoms with Crippen LogP contribution in [0.25, 0.3) is 10.9 Å². The molecule has 23 heavy (non-hydrogen) atoms. The van der Waals surface area contributed by atoms with E-state index in [1.807, 2.05) is 54.7 Å². The second-order valence-corrected chi connectivity index (χ2v) is 6.39. The minimum absolute atomic E-state index is 0.696. The summed E-state index contributed by atoms with van der Waals surface area (Å²) in [5.41, 5.74) is 3.03. The number of fused-ring (bicyclic) bond motifs is 1. The van der Waals surface area contributed by atoms with E-state index in [9.17, 15) is 0 Å². The van der Waals surface area contributed by atoms with Crippen molar-refractivity contribution in [1.29, 1.82) is 0 Å². The Labute approximate surface area is 148 Å². The summed E-state index contributed by atoms with van der Waals surface area (Å²) in [5.74, 6) is 0. The van der Waals surface area contributed by atoms with Crippen LogP contribution >= 0.6 is 27.5 Å². The van der Waals surface area contributed by atoms with Crippen LogP contribution in [0, 0.1) is 0 Å². The lowest BCUT2D eigenvalue weighted by atomic mass is 10.2. The lowest BCUT2D eigenvalue weighted by Crippen LogP contribution is -2.05. The number of hydrogen-bond acceptors (Lipinski definition) is 3. The van der Waals surface area contributed by atoms with Crippen LogP contribution < -0.4 is 5.32 Å². The zero-order valence-corrected chi connectivity index (χ0v) is 14.7. The minimum Gasteiger partial charge on any atom is -0.383 e. The topological polar surface area (TPSA) is 37.3 Å². The molecule has 1 N–H and O–H groups in total. The number of halogens is 2. The predicted molar refractivity (Wildman–Crippen MR) is 102 cm³/mol. The molecule has 0 aliphatic rings. The normalized spacial score (nSPS) is 11.2. The first-order valence-corrected chi connectivity index (χ1v) is 8.43. The van der Waals surface area contributed by atoms with Gasteiger partial charge in [0.1, 0.15) is 0 Å². The third-order valence-electron chi connectivity index (χ3n) is 3.37. The summed E-state index contributed by atoms with van der Waals surface area (Å²) >= 11 is 9.42. The van der Waals surface area contributed by atoms with Crippen LogP contribution in [0.15, 0.2) is 64.2 Å². The molecule has 0 fully saturated rings. The summed E-state index contributed by atoms with van der Waals surface area (Å²) in [4.78, 5) is 8.78. The highest BCUT2D eigenvalue weighted by Crippen LogP contribution is 2.24. The number of anilines is 1. The van der Waals surface area contributed by atoms with Crippen LogP contribution in [0.3, 0.4) is 0 Å². The molecule has 3 nitrogen and oxygen atoms in total. The molecule has 0 saturated carbocycles. The minimum atomic E-state index is 0.696. The van der Waals surface area contributed by atoms with Gasteiger partial charge in [-0.05, 0) is 42.0 Å². The number of rotatable bonds is 5. The van der Waals surface area contributed by atoms with Gasteiger partial charge in [-0.25, -0.2) is 0 Å². The molecule has 0 unspecified atom stereocenters. The third-order valence-corrected chi connectivity index (χ3v) is 4.14. The first-order valence-electron chi connectivity index (χ1n) is 7.26. The van der Waals surface area contributed by atoms with E-state index in [-0.39, 0.29) is 0 Å². The molecule has 0 atom stereocenters. The summed E-state index contributed by atoms with van der Waals surface area (Å²) < 4.78 is 1.07. The Bertz CT molecular complexity index is 831. The number of hydrogen-bond donors (Lipinski definition) is 1. The molecule has 0 aliphatic carbocycles. The summed E-state index contributed by atoms with van der Waals surface area (Å²) in [7, 11) is 0. The van der Waals surface area contributed by atoms with E-state index >= 15 is 0 Å². The van der Waals surface area contributed by atoms with E-state index in [1.165, 1.54) is 0 Å². The molecule has 0 saturated heterocycles. The van der Waals surface area contributed by atoms with Crippen molar-refractivity contribution in [2.75, 3.05) is 18.4 Å². The van der Waals surface area contributed by atoms with Crippen molar-refractivity contribution in [3.63, 3.8) is 0 Å². The van der Waals surface area contributed by atoms with Gasteiger partial charge in [0.25, 0.3) is 0 Å². The van der Waals surface area contributed by atoms with E-state index in [4.69, 9.17) is 11.6 Å². The largest absolute Gasteiger partial charge is 0.383 e. The van der Waals surface area contributed by atoms with Crippen molar-refractivity contribution < 1.29 is 0 Å². The van der Waals surface area contributed by atoms with Crippen molar-refractivity contribution in [3.05, 3.63) is 69.8 Å². The molecule has 5 heteroatoms. The Kier molecular flexibility index (Phi) is 5.26. The smallest absolute Gasteiger partial charge is 0.0737 e. The Morgan fingerprint density at radius 1 is 1.13 bits per heavy atom. The molecule has 3 rings (SSSR count). The first-order chi connectivity index (χ1) is 11.2. The van der Waals surface area contributed by atoms with Gasteiger partial charge in [0.2, 0.25) is 0 Å². The van der Waals surface area contributed by atoms with Gasteiger partial charge in [0.15, 0.2) is 0 Å². The van der Waals surface area contributed by atoms with Gasteiger partial charge < -0.3 is 5.32 Å². The summed E-state index contributed by atoms with van der Waals surface area (Å²) in [6.07, 6.45) is 3.67. The second kappa shape index (κ2) is 7.57. The van der Waals surface area contributed by atoms with Crippen LogP contribution in [0.2, 0.25) is 5.02 Å². The quantitative estimate of drug-likeness (QED) is 0.483. The Hall–Kier alpha value is -1.91. The first kappa shape index (κ1) is 16.0. The second-order valence-electron chi connectivity index (χ2n) is 5.03. The van der Waals surface area contributed by atoms with Gasteiger partial charge >= 0.3 is 0 Å². The fraction of sp³-hybridized carbons (Fsp3) is 0.111. The van der Waals surface area contributed by atoms with Crippen molar-refractivity contribution in [2.45, 2.75) is 0 Å². The van der Waals surface area contributed by atoms with E-state index < -0.39 is 0 Å². The SMILES string of the molecule is Clc1ccc2c(NCCN=Cc3ccc(Br)cc3)ccnc2c1. The van der Waals surface area contributed by atoms with Crippen LogP contribution in [0.4, 0.5) is 5.69 Å². The summed E-state index contributed by atoms with van der Waals surface area (Å²) in [6.45, 7) is 1.46. The molecule has 0 amide bonds. The summed E-state index contributed by atoms with van der Waals surface area (Å²) in [6, 6.07) is 15.8. The molecule has 3 aromatic rings. The van der Waals surface area contributed by atoms with Gasteiger partial charge in [-0.1, -0.05) is 39.7 Å². The molecule has 0 bridgehead atoms. The number of aromatic nitrogens is 1. The molecule has 116 valence electrons. The van der Waals surface area contributed by atoms with Crippen molar-refractivity contribution in [1.82, 2.24) is 4.98 Å². The molecular formula is C18H15BrClN3. The monoisotopic (exact) mass is 387 g/mol. The Balaban J connectivity index is 1.59. The number of nitrogens with zero attached hydrogens (tertiary/aromatic N) is 2. The molecule has 1 aromatic heterocycles. The van der Waals surface area contributed by atoms with Gasteiger partial charge in [0.05, 0.1) is 12.1 Å². The fourth-order valence-corrected chi connectivity index (χ4v) is 2.68. The molecule has 0 aliphatic heterocycles. The van der Waals surface area contributed by atoms with Crippen molar-refractivity contribution in [3.8, 4) is 0 Å². The van der Waals surface area contributed by atoms with Crippen LogP contribution in [-0.2, 0) is 0 Å². The van der Waals surface area contributed by atoms with Crippen molar-refractivity contribution in [2.24, 2.45) is 4.99 Å². The van der Waals surface area contributed by atoms with Gasteiger partial charge in [0, 0.05) is 39.5 Å². The Morgan fingerprint density at radius 2 is 1.96 bits per heavy atom. The maximum absolute atomic E-state index is 6.00. The Morgan fingerprint density at radius 3 is 2.78 bits per heavy atom.